The van der Waals surface area contributed by atoms with Crippen molar-refractivity contribution in [1.82, 2.24) is 10.2 Å². The van der Waals surface area contributed by atoms with Crippen molar-refractivity contribution in [3.05, 3.63) is 0 Å². The number of hydrogen-bond donors (Lipinski definition) is 2. The Labute approximate surface area is 120 Å². The normalized spacial score (nSPS) is 18.4. The lowest BCUT2D eigenvalue weighted by molar-refractivity contribution is -0.137. The molecule has 108 valence electrons. The van der Waals surface area contributed by atoms with Gasteiger partial charge in [0.2, 0.25) is 11.8 Å². The maximum absolute atomic E-state index is 11.9. The number of nitrogens with zero attached hydrogens (tertiary/aromatic N) is 1. The molecule has 1 aliphatic rings. The van der Waals surface area contributed by atoms with Gasteiger partial charge in [0.25, 0.3) is 0 Å². The molecule has 1 heterocycles. The number of nitrogens with one attached hydrogen (secondary N) is 1. The van der Waals surface area contributed by atoms with Crippen LogP contribution in [0.2, 0.25) is 0 Å². The second-order valence-corrected chi connectivity index (χ2v) is 6.08. The molecule has 2 amide bonds. The summed E-state index contributed by atoms with van der Waals surface area (Å²) in [6.07, 6.45) is 0.402. The molecule has 1 aliphatic heterocycles. The minimum Gasteiger partial charge on any atom is -0.481 e. The van der Waals surface area contributed by atoms with Crippen LogP contribution in [0, 0.1) is 0 Å². The topological polar surface area (TPSA) is 86.7 Å². The maximum atomic E-state index is 11.9. The Hall–Kier alpha value is -0.890. The fourth-order valence-corrected chi connectivity index (χ4v) is 3.38. The molecule has 2 N–H and O–H groups in total. The molecule has 1 unspecified atom stereocenters. The van der Waals surface area contributed by atoms with E-state index in [0.717, 1.165) is 0 Å². The Balaban J connectivity index is 2.28. The van der Waals surface area contributed by atoms with E-state index in [1.165, 1.54) is 11.8 Å². The third kappa shape index (κ3) is 5.32. The van der Waals surface area contributed by atoms with Crippen LogP contribution in [0.25, 0.3) is 0 Å². The highest BCUT2D eigenvalue weighted by Gasteiger charge is 2.33. The number of thioether (sulfide) groups is 2. The van der Waals surface area contributed by atoms with Gasteiger partial charge in [-0.15, -0.1) is 23.5 Å². The Kier molecular flexibility index (Phi) is 7.07. The van der Waals surface area contributed by atoms with E-state index in [2.05, 4.69) is 5.32 Å². The molecule has 0 aliphatic carbocycles. The highest BCUT2D eigenvalue weighted by atomic mass is 32.2. The fraction of sp³-hybridized carbons (Fsp3) is 0.727. The predicted molar refractivity (Wildman–Crippen MR) is 76.2 cm³/mol. The van der Waals surface area contributed by atoms with Crippen molar-refractivity contribution in [3.63, 3.8) is 0 Å². The van der Waals surface area contributed by atoms with Gasteiger partial charge in [0, 0.05) is 24.5 Å². The standard InChI is InChI=1S/C11H18N2O4S2/c1-2-9(14)13-7-19-5-8(13)11(17)12-3-4-18-6-10(15)16/h8H,2-7H2,1H3,(H,12,17)(H,15,16). The summed E-state index contributed by atoms with van der Waals surface area (Å²) < 4.78 is 0. The molecule has 19 heavy (non-hydrogen) atoms. The average Bonchev–Trinajstić information content (AvgIpc) is 2.86. The second kappa shape index (κ2) is 8.31. The van der Waals surface area contributed by atoms with E-state index in [1.54, 1.807) is 23.6 Å². The SMILES string of the molecule is CCC(=O)N1CSCC1C(=O)NCCSCC(=O)O. The predicted octanol–water partition coefficient (Wildman–Crippen LogP) is 0.232. The minimum atomic E-state index is -0.858. The Morgan fingerprint density at radius 2 is 2.21 bits per heavy atom. The quantitative estimate of drug-likeness (QED) is 0.655. The average molecular weight is 306 g/mol. The lowest BCUT2D eigenvalue weighted by Crippen LogP contribution is -2.47. The molecule has 1 rings (SSSR count). The summed E-state index contributed by atoms with van der Waals surface area (Å²) in [7, 11) is 0. The molecule has 0 aromatic heterocycles. The van der Waals surface area contributed by atoms with Gasteiger partial charge in [-0.1, -0.05) is 6.92 Å². The van der Waals surface area contributed by atoms with Crippen LogP contribution in [0.5, 0.6) is 0 Å². The number of carboxylic acid groups (broad SMARTS) is 1. The van der Waals surface area contributed by atoms with E-state index in [9.17, 15) is 14.4 Å². The van der Waals surface area contributed by atoms with E-state index in [0.29, 0.717) is 30.3 Å². The number of carboxylic acids is 1. The molecule has 0 radical (unpaired) electrons. The monoisotopic (exact) mass is 306 g/mol. The molecule has 1 fully saturated rings. The third-order valence-corrected chi connectivity index (χ3v) is 4.53. The molecular formula is C11H18N2O4S2. The molecule has 8 heteroatoms. The maximum Gasteiger partial charge on any atom is 0.313 e. The van der Waals surface area contributed by atoms with Gasteiger partial charge in [-0.3, -0.25) is 14.4 Å². The first-order chi connectivity index (χ1) is 9.06. The van der Waals surface area contributed by atoms with Gasteiger partial charge in [0.1, 0.15) is 6.04 Å². The van der Waals surface area contributed by atoms with E-state index in [1.807, 2.05) is 0 Å². The Bertz CT molecular complexity index is 352. The van der Waals surface area contributed by atoms with Crippen LogP contribution in [0.1, 0.15) is 13.3 Å². The van der Waals surface area contributed by atoms with Crippen LogP contribution >= 0.6 is 23.5 Å². The number of amides is 2. The highest BCUT2D eigenvalue weighted by molar-refractivity contribution is 8.00. The lowest BCUT2D eigenvalue weighted by Gasteiger charge is -2.22. The summed E-state index contributed by atoms with van der Waals surface area (Å²) in [5, 5.41) is 11.2. The van der Waals surface area contributed by atoms with Crippen LogP contribution in [-0.4, -0.2) is 63.5 Å². The number of carbonyl (C=O) groups excluding carboxylic acids is 2. The summed E-state index contributed by atoms with van der Waals surface area (Å²) in [5.74, 6) is 0.768. The first-order valence-corrected chi connectivity index (χ1v) is 8.31. The van der Waals surface area contributed by atoms with Gasteiger partial charge in [-0.25, -0.2) is 0 Å². The Morgan fingerprint density at radius 1 is 1.47 bits per heavy atom. The molecule has 6 nitrogen and oxygen atoms in total. The molecular weight excluding hydrogens is 288 g/mol. The first kappa shape index (κ1) is 16.2. The van der Waals surface area contributed by atoms with Crippen LogP contribution in [0.3, 0.4) is 0 Å². The largest absolute Gasteiger partial charge is 0.481 e. The van der Waals surface area contributed by atoms with Gasteiger partial charge in [0.15, 0.2) is 0 Å². The molecule has 0 aromatic carbocycles. The van der Waals surface area contributed by atoms with Gasteiger partial charge in [-0.2, -0.15) is 0 Å². The zero-order valence-electron chi connectivity index (χ0n) is 10.8. The first-order valence-electron chi connectivity index (χ1n) is 6.00. The van der Waals surface area contributed by atoms with Crippen LogP contribution < -0.4 is 5.32 Å². The van der Waals surface area contributed by atoms with Gasteiger partial charge in [0.05, 0.1) is 11.6 Å². The van der Waals surface area contributed by atoms with Crippen molar-refractivity contribution in [2.24, 2.45) is 0 Å². The van der Waals surface area contributed by atoms with Crippen molar-refractivity contribution in [2.45, 2.75) is 19.4 Å². The van der Waals surface area contributed by atoms with E-state index in [4.69, 9.17) is 5.11 Å². The number of rotatable bonds is 7. The molecule has 0 bridgehead atoms. The zero-order valence-corrected chi connectivity index (χ0v) is 12.4. The van der Waals surface area contributed by atoms with Crippen molar-refractivity contribution >= 4 is 41.3 Å². The highest BCUT2D eigenvalue weighted by Crippen LogP contribution is 2.21. The summed E-state index contributed by atoms with van der Waals surface area (Å²) in [6.45, 7) is 2.20. The van der Waals surface area contributed by atoms with Crippen LogP contribution in [0.4, 0.5) is 0 Å². The lowest BCUT2D eigenvalue weighted by atomic mass is 10.2. The van der Waals surface area contributed by atoms with Gasteiger partial charge in [-0.05, 0) is 0 Å². The minimum absolute atomic E-state index is 0.00889. The molecule has 1 atom stereocenters. The van der Waals surface area contributed by atoms with E-state index in [-0.39, 0.29) is 23.6 Å². The Morgan fingerprint density at radius 3 is 2.84 bits per heavy atom. The number of hydrogen-bond acceptors (Lipinski definition) is 5. The fourth-order valence-electron chi connectivity index (χ4n) is 1.63. The summed E-state index contributed by atoms with van der Waals surface area (Å²) in [5.41, 5.74) is 0. The molecule has 1 saturated heterocycles. The van der Waals surface area contributed by atoms with Crippen LogP contribution in [0.15, 0.2) is 0 Å². The summed E-state index contributed by atoms with van der Waals surface area (Å²) in [6, 6.07) is -0.387. The van der Waals surface area contributed by atoms with Crippen molar-refractivity contribution in [1.29, 1.82) is 0 Å². The number of aliphatic carboxylic acids is 1. The van der Waals surface area contributed by atoms with Crippen molar-refractivity contribution < 1.29 is 19.5 Å². The molecule has 0 saturated carbocycles. The van der Waals surface area contributed by atoms with Gasteiger partial charge >= 0.3 is 5.97 Å². The van der Waals surface area contributed by atoms with Gasteiger partial charge < -0.3 is 15.3 Å². The van der Waals surface area contributed by atoms with Crippen LogP contribution in [-0.2, 0) is 14.4 Å². The smallest absolute Gasteiger partial charge is 0.313 e. The summed E-state index contributed by atoms with van der Waals surface area (Å²) in [4.78, 5) is 35.5. The number of carbonyl (C=O) groups is 3. The second-order valence-electron chi connectivity index (χ2n) is 3.97. The third-order valence-electron chi connectivity index (χ3n) is 2.58. The molecule has 0 aromatic rings. The van der Waals surface area contributed by atoms with Crippen molar-refractivity contribution in [3.8, 4) is 0 Å². The zero-order chi connectivity index (χ0) is 14.3. The molecule has 0 spiro atoms. The van der Waals surface area contributed by atoms with E-state index < -0.39 is 5.97 Å². The van der Waals surface area contributed by atoms with E-state index >= 15 is 0 Å². The summed E-state index contributed by atoms with van der Waals surface area (Å²) >= 11 is 2.83. The van der Waals surface area contributed by atoms with Crippen molar-refractivity contribution in [2.75, 3.05) is 29.7 Å².